The lowest BCUT2D eigenvalue weighted by molar-refractivity contribution is 0.102. The summed E-state index contributed by atoms with van der Waals surface area (Å²) in [7, 11) is 1.81. The van der Waals surface area contributed by atoms with Gasteiger partial charge in [-0.05, 0) is 24.3 Å². The highest BCUT2D eigenvalue weighted by molar-refractivity contribution is 9.09. The summed E-state index contributed by atoms with van der Waals surface area (Å²) in [5, 5.41) is 5.35. The second-order valence-electron chi connectivity index (χ2n) is 4.50. The van der Waals surface area contributed by atoms with Crippen molar-refractivity contribution in [3.63, 3.8) is 0 Å². The van der Waals surface area contributed by atoms with Gasteiger partial charge in [0.1, 0.15) is 17.2 Å². The Morgan fingerprint density at radius 2 is 2.14 bits per heavy atom. The molecule has 0 aliphatic carbocycles. The minimum atomic E-state index is -0.0403. The van der Waals surface area contributed by atoms with Crippen LogP contribution in [0.25, 0.3) is 10.9 Å². The molecule has 1 aromatic carbocycles. The van der Waals surface area contributed by atoms with Crippen LogP contribution < -0.4 is 4.74 Å². The van der Waals surface area contributed by atoms with Gasteiger partial charge in [-0.15, -0.1) is 17.0 Å². The maximum atomic E-state index is 11.9. The number of ether oxygens (including phenoxy) is 1. The van der Waals surface area contributed by atoms with Gasteiger partial charge in [-0.2, -0.15) is 5.10 Å². The minimum absolute atomic E-state index is 0. The van der Waals surface area contributed by atoms with Crippen LogP contribution in [-0.4, -0.2) is 25.9 Å². The van der Waals surface area contributed by atoms with Crippen LogP contribution in [0.5, 0.6) is 11.5 Å². The number of alkyl halides is 1. The predicted octanol–water partition coefficient (Wildman–Crippen LogP) is 3.92. The highest BCUT2D eigenvalue weighted by atomic mass is 79.9. The van der Waals surface area contributed by atoms with Gasteiger partial charge in [0, 0.05) is 24.7 Å². The third-order valence-corrected chi connectivity index (χ3v) is 3.59. The molecule has 2 aromatic heterocycles. The topological polar surface area (TPSA) is 57.0 Å². The number of Topliss-reactive ketones (excluding diaryl/α,β-unsaturated/α-hetero) is 1. The van der Waals surface area contributed by atoms with Crippen LogP contribution in [0.2, 0.25) is 0 Å². The van der Waals surface area contributed by atoms with Crippen LogP contribution in [0.1, 0.15) is 10.5 Å². The highest BCUT2D eigenvalue weighted by Gasteiger charge is 2.15. The number of nitrogens with zero attached hydrogens (tertiary/aromatic N) is 3. The zero-order chi connectivity index (χ0) is 14.8. The Morgan fingerprint density at radius 1 is 1.32 bits per heavy atom. The van der Waals surface area contributed by atoms with E-state index in [9.17, 15) is 4.79 Å². The Labute approximate surface area is 146 Å². The van der Waals surface area contributed by atoms with Crippen molar-refractivity contribution in [3.05, 3.63) is 48.4 Å². The first-order valence-corrected chi connectivity index (χ1v) is 7.45. The number of aromatic nitrogens is 3. The highest BCUT2D eigenvalue weighted by Crippen LogP contribution is 2.27. The van der Waals surface area contributed by atoms with Crippen molar-refractivity contribution in [2.75, 3.05) is 5.33 Å². The average molecular weight is 427 g/mol. The number of hydrogen-bond donors (Lipinski definition) is 0. The summed E-state index contributed by atoms with van der Waals surface area (Å²) in [4.78, 5) is 15.9. The first kappa shape index (κ1) is 16.6. The van der Waals surface area contributed by atoms with Crippen LogP contribution >= 0.6 is 32.9 Å². The van der Waals surface area contributed by atoms with Crippen molar-refractivity contribution >= 4 is 49.6 Å². The molecular formula is C15H13Br2N3O2. The number of aryl methyl sites for hydroxylation is 1. The maximum Gasteiger partial charge on any atom is 0.194 e. The summed E-state index contributed by atoms with van der Waals surface area (Å²) in [6.07, 6.45) is 3.34. The number of pyridine rings is 1. The van der Waals surface area contributed by atoms with E-state index in [0.717, 1.165) is 10.9 Å². The lowest BCUT2D eigenvalue weighted by atomic mass is 10.1. The predicted molar refractivity (Wildman–Crippen MR) is 93.5 cm³/mol. The fraction of sp³-hybridized carbons (Fsp3) is 0.133. The van der Waals surface area contributed by atoms with E-state index in [1.54, 1.807) is 24.1 Å². The molecule has 0 bridgehead atoms. The smallest absolute Gasteiger partial charge is 0.194 e. The van der Waals surface area contributed by atoms with Crippen LogP contribution in [0.3, 0.4) is 0 Å². The molecule has 0 aliphatic rings. The standard InChI is InChI=1S/C15H12BrN3O2.BrH/c1-19-13-7-10(21-11-3-2-6-17-9-11)4-5-12(13)15(18-19)14(20)8-16;/h2-7,9H,8H2,1H3;1H. The molecule has 0 spiro atoms. The van der Waals surface area contributed by atoms with Gasteiger partial charge in [0.15, 0.2) is 5.78 Å². The summed E-state index contributed by atoms with van der Waals surface area (Å²) in [6, 6.07) is 9.18. The molecule has 0 amide bonds. The van der Waals surface area contributed by atoms with Gasteiger partial charge in [0.05, 0.1) is 17.0 Å². The van der Waals surface area contributed by atoms with Gasteiger partial charge in [-0.25, -0.2) is 0 Å². The molecule has 0 unspecified atom stereocenters. The molecule has 0 saturated carbocycles. The molecular weight excluding hydrogens is 414 g/mol. The Hall–Kier alpha value is -1.73. The number of carbonyl (C=O) groups is 1. The molecule has 22 heavy (non-hydrogen) atoms. The van der Waals surface area contributed by atoms with Gasteiger partial charge in [-0.3, -0.25) is 14.5 Å². The lowest BCUT2D eigenvalue weighted by Gasteiger charge is -2.05. The number of benzene rings is 1. The number of fused-ring (bicyclic) bond motifs is 1. The molecule has 0 radical (unpaired) electrons. The summed E-state index contributed by atoms with van der Waals surface area (Å²) >= 11 is 3.17. The molecule has 5 nitrogen and oxygen atoms in total. The van der Waals surface area contributed by atoms with Crippen LogP contribution in [0, 0.1) is 0 Å². The summed E-state index contributed by atoms with van der Waals surface area (Å²) in [5.41, 5.74) is 1.32. The minimum Gasteiger partial charge on any atom is -0.456 e. The van der Waals surface area contributed by atoms with E-state index in [1.807, 2.05) is 30.3 Å². The summed E-state index contributed by atoms with van der Waals surface area (Å²) < 4.78 is 7.42. The molecule has 3 aromatic rings. The second-order valence-corrected chi connectivity index (χ2v) is 5.06. The van der Waals surface area contributed by atoms with E-state index < -0.39 is 0 Å². The van der Waals surface area contributed by atoms with E-state index >= 15 is 0 Å². The second kappa shape index (κ2) is 7.02. The van der Waals surface area contributed by atoms with E-state index in [-0.39, 0.29) is 28.1 Å². The number of rotatable bonds is 4. The SMILES string of the molecule is Br.Cn1nc(C(=O)CBr)c2ccc(Oc3cccnc3)cc21. The Morgan fingerprint density at radius 3 is 2.82 bits per heavy atom. The van der Waals surface area contributed by atoms with Gasteiger partial charge in [0.25, 0.3) is 0 Å². The van der Waals surface area contributed by atoms with Crippen molar-refractivity contribution in [1.82, 2.24) is 14.8 Å². The van der Waals surface area contributed by atoms with E-state index in [4.69, 9.17) is 4.74 Å². The third kappa shape index (κ3) is 3.20. The normalized spacial score (nSPS) is 10.3. The van der Waals surface area contributed by atoms with Gasteiger partial charge in [0.2, 0.25) is 0 Å². The molecule has 0 fully saturated rings. The molecule has 114 valence electrons. The van der Waals surface area contributed by atoms with Crippen molar-refractivity contribution in [2.45, 2.75) is 0 Å². The molecule has 0 saturated heterocycles. The average Bonchev–Trinajstić information content (AvgIpc) is 2.84. The van der Waals surface area contributed by atoms with Crippen molar-refractivity contribution in [1.29, 1.82) is 0 Å². The largest absolute Gasteiger partial charge is 0.456 e. The van der Waals surface area contributed by atoms with Crippen LogP contribution in [0.4, 0.5) is 0 Å². The van der Waals surface area contributed by atoms with Gasteiger partial charge < -0.3 is 4.74 Å². The maximum absolute atomic E-state index is 11.9. The monoisotopic (exact) mass is 425 g/mol. The first-order valence-electron chi connectivity index (χ1n) is 6.33. The zero-order valence-electron chi connectivity index (χ0n) is 11.7. The molecule has 3 rings (SSSR count). The fourth-order valence-corrected chi connectivity index (χ4v) is 2.38. The molecule has 7 heteroatoms. The number of carbonyl (C=O) groups excluding carboxylic acids is 1. The van der Waals surface area contributed by atoms with Crippen molar-refractivity contribution in [2.24, 2.45) is 7.05 Å². The lowest BCUT2D eigenvalue weighted by Crippen LogP contribution is -2.02. The van der Waals surface area contributed by atoms with Crippen LogP contribution in [-0.2, 0) is 7.05 Å². The Bertz CT molecular complexity index is 803. The molecule has 0 atom stereocenters. The van der Waals surface area contributed by atoms with Gasteiger partial charge in [-0.1, -0.05) is 15.9 Å². The van der Waals surface area contributed by atoms with E-state index in [1.165, 1.54) is 0 Å². The number of halogens is 2. The van der Waals surface area contributed by atoms with E-state index in [0.29, 0.717) is 17.2 Å². The number of ketones is 1. The Kier molecular flexibility index (Phi) is 5.31. The molecule has 0 aliphatic heterocycles. The van der Waals surface area contributed by atoms with Crippen molar-refractivity contribution in [3.8, 4) is 11.5 Å². The summed E-state index contributed by atoms with van der Waals surface area (Å²) in [6.45, 7) is 0. The third-order valence-electron chi connectivity index (χ3n) is 3.08. The fourth-order valence-electron chi connectivity index (χ4n) is 2.11. The van der Waals surface area contributed by atoms with Crippen molar-refractivity contribution < 1.29 is 9.53 Å². The Balaban J connectivity index is 0.00000176. The molecule has 2 heterocycles. The zero-order valence-corrected chi connectivity index (χ0v) is 15.0. The van der Waals surface area contributed by atoms with Gasteiger partial charge >= 0.3 is 0 Å². The van der Waals surface area contributed by atoms with E-state index in [2.05, 4.69) is 26.0 Å². The first-order chi connectivity index (χ1) is 10.2. The summed E-state index contributed by atoms with van der Waals surface area (Å²) in [5.74, 6) is 1.30. The van der Waals surface area contributed by atoms with Crippen LogP contribution in [0.15, 0.2) is 42.7 Å². The number of hydrogen-bond acceptors (Lipinski definition) is 4. The molecule has 0 N–H and O–H groups in total. The quantitative estimate of drug-likeness (QED) is 0.468.